The van der Waals surface area contributed by atoms with Gasteiger partial charge in [-0.15, -0.1) is 0 Å². The van der Waals surface area contributed by atoms with Crippen molar-refractivity contribution in [1.82, 2.24) is 0 Å². The largest absolute Gasteiger partial charge is 0.0616 e. The van der Waals surface area contributed by atoms with Crippen LogP contribution in [0.15, 0.2) is 54.6 Å². The zero-order valence-corrected chi connectivity index (χ0v) is 11.0. The molecule has 0 amide bonds. The first-order valence-electron chi connectivity index (χ1n) is 7.18. The maximum Gasteiger partial charge on any atom is 0.00562 e. The molecule has 0 spiro atoms. The van der Waals surface area contributed by atoms with Crippen LogP contribution in [0.3, 0.4) is 0 Å². The van der Waals surface area contributed by atoms with Crippen molar-refractivity contribution in [3.05, 3.63) is 66.1 Å². The maximum absolute atomic E-state index is 2.37. The van der Waals surface area contributed by atoms with Crippen molar-refractivity contribution < 1.29 is 0 Å². The van der Waals surface area contributed by atoms with E-state index in [2.05, 4.69) is 54.6 Å². The standard InChI is InChI=1S/C19H17/c1-2-7-14(6-1)18-11-5-10-17-12-15-8-3-4-9-16(15)13-19(17)18/h3-5,8-13H,1-2,6-7H2. The average molecular weight is 245 g/mol. The van der Waals surface area contributed by atoms with Gasteiger partial charge in [0, 0.05) is 5.92 Å². The van der Waals surface area contributed by atoms with E-state index in [1.54, 1.807) is 5.92 Å². The Kier molecular flexibility index (Phi) is 2.55. The van der Waals surface area contributed by atoms with Gasteiger partial charge in [-0.2, -0.15) is 0 Å². The smallest absolute Gasteiger partial charge is 0.00562 e. The first kappa shape index (κ1) is 11.0. The maximum atomic E-state index is 2.37. The second-order valence-electron chi connectivity index (χ2n) is 5.54. The minimum Gasteiger partial charge on any atom is -0.0616 e. The van der Waals surface area contributed by atoms with Gasteiger partial charge < -0.3 is 0 Å². The number of hydrogen-bond donors (Lipinski definition) is 0. The zero-order valence-electron chi connectivity index (χ0n) is 11.0. The van der Waals surface area contributed by atoms with E-state index in [4.69, 9.17) is 0 Å². The van der Waals surface area contributed by atoms with Gasteiger partial charge in [0.1, 0.15) is 0 Å². The van der Waals surface area contributed by atoms with Crippen molar-refractivity contribution in [2.75, 3.05) is 0 Å². The fourth-order valence-electron chi connectivity index (χ4n) is 3.35. The second-order valence-corrected chi connectivity index (χ2v) is 5.54. The molecule has 19 heavy (non-hydrogen) atoms. The van der Waals surface area contributed by atoms with Gasteiger partial charge in [0.05, 0.1) is 0 Å². The van der Waals surface area contributed by atoms with Crippen LogP contribution in [0.2, 0.25) is 0 Å². The summed E-state index contributed by atoms with van der Waals surface area (Å²) in [6.07, 6.45) is 5.29. The third-order valence-corrected chi connectivity index (χ3v) is 4.33. The monoisotopic (exact) mass is 245 g/mol. The van der Waals surface area contributed by atoms with E-state index in [1.807, 2.05) is 0 Å². The first-order valence-corrected chi connectivity index (χ1v) is 7.18. The lowest BCUT2D eigenvalue weighted by Gasteiger charge is -2.13. The van der Waals surface area contributed by atoms with Crippen LogP contribution < -0.4 is 0 Å². The summed E-state index contributed by atoms with van der Waals surface area (Å²) in [6, 6.07) is 20.1. The predicted molar refractivity (Wildman–Crippen MR) is 82.3 cm³/mol. The Hall–Kier alpha value is -1.82. The summed E-state index contributed by atoms with van der Waals surface area (Å²) >= 11 is 0. The highest BCUT2D eigenvalue weighted by molar-refractivity contribution is 6.00. The van der Waals surface area contributed by atoms with Gasteiger partial charge in [0.2, 0.25) is 0 Å². The van der Waals surface area contributed by atoms with Gasteiger partial charge in [0.15, 0.2) is 0 Å². The second kappa shape index (κ2) is 4.38. The van der Waals surface area contributed by atoms with Crippen molar-refractivity contribution in [2.24, 2.45) is 0 Å². The van der Waals surface area contributed by atoms with Crippen molar-refractivity contribution in [3.63, 3.8) is 0 Å². The minimum absolute atomic E-state index is 1.28. The Balaban J connectivity index is 2.00. The molecule has 0 N–H and O–H groups in total. The summed E-state index contributed by atoms with van der Waals surface area (Å²) in [5.74, 6) is 1.65. The molecular formula is C19H17. The van der Waals surface area contributed by atoms with Gasteiger partial charge >= 0.3 is 0 Å². The van der Waals surface area contributed by atoms with E-state index >= 15 is 0 Å². The lowest BCUT2D eigenvalue weighted by atomic mass is 9.91. The van der Waals surface area contributed by atoms with E-state index in [1.165, 1.54) is 52.8 Å². The molecule has 1 radical (unpaired) electrons. The summed E-state index contributed by atoms with van der Waals surface area (Å²) in [4.78, 5) is 0. The van der Waals surface area contributed by atoms with Crippen molar-refractivity contribution in [2.45, 2.75) is 25.7 Å². The van der Waals surface area contributed by atoms with Crippen molar-refractivity contribution in [3.8, 4) is 0 Å². The van der Waals surface area contributed by atoms with Gasteiger partial charge in [-0.25, -0.2) is 0 Å². The van der Waals surface area contributed by atoms with Gasteiger partial charge in [-0.05, 0) is 52.1 Å². The molecule has 1 fully saturated rings. The Morgan fingerprint density at radius 1 is 0.632 bits per heavy atom. The molecule has 0 atom stereocenters. The molecule has 1 aliphatic carbocycles. The molecule has 3 aromatic carbocycles. The van der Waals surface area contributed by atoms with Crippen LogP contribution in [-0.2, 0) is 0 Å². The van der Waals surface area contributed by atoms with Crippen LogP contribution in [-0.4, -0.2) is 0 Å². The summed E-state index contributed by atoms with van der Waals surface area (Å²) in [7, 11) is 0. The molecule has 93 valence electrons. The van der Waals surface area contributed by atoms with E-state index in [9.17, 15) is 0 Å². The number of hydrogen-bond acceptors (Lipinski definition) is 0. The predicted octanol–water partition coefficient (Wildman–Crippen LogP) is 5.49. The molecule has 0 heteroatoms. The number of fused-ring (bicyclic) bond motifs is 2. The van der Waals surface area contributed by atoms with Gasteiger partial charge in [-0.3, -0.25) is 0 Å². The molecule has 4 rings (SSSR count). The van der Waals surface area contributed by atoms with Crippen LogP contribution in [0, 0.1) is 5.92 Å². The van der Waals surface area contributed by atoms with Crippen LogP contribution in [0.5, 0.6) is 0 Å². The van der Waals surface area contributed by atoms with Crippen LogP contribution in [0.1, 0.15) is 31.2 Å². The molecular weight excluding hydrogens is 228 g/mol. The van der Waals surface area contributed by atoms with Crippen molar-refractivity contribution in [1.29, 1.82) is 0 Å². The summed E-state index contributed by atoms with van der Waals surface area (Å²) < 4.78 is 0. The highest BCUT2D eigenvalue weighted by atomic mass is 14.2. The highest BCUT2D eigenvalue weighted by Crippen LogP contribution is 2.37. The average Bonchev–Trinajstić information content (AvgIpc) is 2.98. The third-order valence-electron chi connectivity index (χ3n) is 4.33. The number of benzene rings is 3. The topological polar surface area (TPSA) is 0 Å². The number of rotatable bonds is 1. The van der Waals surface area contributed by atoms with Crippen molar-refractivity contribution >= 4 is 21.5 Å². The lowest BCUT2D eigenvalue weighted by Crippen LogP contribution is -1.94. The fourth-order valence-corrected chi connectivity index (χ4v) is 3.35. The van der Waals surface area contributed by atoms with Gasteiger partial charge in [-0.1, -0.05) is 55.3 Å². The van der Waals surface area contributed by atoms with Crippen LogP contribution in [0.25, 0.3) is 21.5 Å². The van der Waals surface area contributed by atoms with E-state index in [0.717, 1.165) is 0 Å². The van der Waals surface area contributed by atoms with Gasteiger partial charge in [0.25, 0.3) is 0 Å². The molecule has 0 aliphatic heterocycles. The minimum atomic E-state index is 1.28. The molecule has 1 saturated carbocycles. The Morgan fingerprint density at radius 3 is 2.11 bits per heavy atom. The highest BCUT2D eigenvalue weighted by Gasteiger charge is 2.19. The van der Waals surface area contributed by atoms with Crippen LogP contribution in [0.4, 0.5) is 0 Å². The SMILES string of the molecule is c1ccc2cc3c([C]4CCCC4)cccc3cc2c1. The Labute approximate surface area is 114 Å². The normalized spacial score (nSPS) is 16.4. The molecule has 3 aromatic rings. The molecule has 0 saturated heterocycles. The molecule has 0 heterocycles. The Bertz CT molecular complexity index is 733. The molecule has 0 aromatic heterocycles. The first-order chi connectivity index (χ1) is 9.42. The van der Waals surface area contributed by atoms with E-state index < -0.39 is 0 Å². The summed E-state index contributed by atoms with van der Waals surface area (Å²) in [5.41, 5.74) is 1.49. The fraction of sp³-hybridized carbons (Fsp3) is 0.211. The zero-order chi connectivity index (χ0) is 12.7. The lowest BCUT2D eigenvalue weighted by molar-refractivity contribution is 0.886. The quantitative estimate of drug-likeness (QED) is 0.497. The summed E-state index contributed by atoms with van der Waals surface area (Å²) in [6.45, 7) is 0. The molecule has 0 bridgehead atoms. The third kappa shape index (κ3) is 1.83. The molecule has 0 unspecified atom stereocenters. The van der Waals surface area contributed by atoms with E-state index in [-0.39, 0.29) is 0 Å². The molecule has 0 nitrogen and oxygen atoms in total. The van der Waals surface area contributed by atoms with Crippen LogP contribution >= 0.6 is 0 Å². The van der Waals surface area contributed by atoms with E-state index in [0.29, 0.717) is 0 Å². The summed E-state index contributed by atoms with van der Waals surface area (Å²) in [5, 5.41) is 5.48. The molecule has 1 aliphatic rings. The Morgan fingerprint density at radius 2 is 1.32 bits per heavy atom.